The van der Waals surface area contributed by atoms with E-state index in [4.69, 9.17) is 18.0 Å². The molecule has 1 rings (SSSR count). The average molecular weight is 186 g/mol. The van der Waals surface area contributed by atoms with Gasteiger partial charge in [0.25, 0.3) is 0 Å². The zero-order valence-electron chi connectivity index (χ0n) is 7.92. The molecule has 2 nitrogen and oxygen atoms in total. The van der Waals surface area contributed by atoms with Crippen molar-refractivity contribution in [2.45, 2.75) is 26.7 Å². The van der Waals surface area contributed by atoms with Crippen molar-refractivity contribution in [3.05, 3.63) is 0 Å². The van der Waals surface area contributed by atoms with Gasteiger partial charge in [-0.2, -0.15) is 0 Å². The van der Waals surface area contributed by atoms with Gasteiger partial charge < -0.3 is 10.6 Å². The number of nitrogens with zero attached hydrogens (tertiary/aromatic N) is 1. The van der Waals surface area contributed by atoms with Crippen LogP contribution < -0.4 is 5.73 Å². The molecule has 2 N–H and O–H groups in total. The van der Waals surface area contributed by atoms with Crippen LogP contribution in [0.3, 0.4) is 0 Å². The Balaban J connectivity index is 2.34. The normalized spacial score (nSPS) is 20.1. The molecule has 1 aliphatic heterocycles. The third-order valence-electron chi connectivity index (χ3n) is 2.79. The predicted molar refractivity (Wildman–Crippen MR) is 55.9 cm³/mol. The summed E-state index contributed by atoms with van der Waals surface area (Å²) in [5.41, 5.74) is 5.55. The molecule has 0 atom stereocenters. The Bertz CT molecular complexity index is 160. The van der Waals surface area contributed by atoms with E-state index >= 15 is 0 Å². The lowest BCUT2D eigenvalue weighted by molar-refractivity contribution is 0.221. The van der Waals surface area contributed by atoms with Crippen molar-refractivity contribution in [3.8, 4) is 0 Å². The van der Waals surface area contributed by atoms with Crippen LogP contribution in [0.5, 0.6) is 0 Å². The Morgan fingerprint density at radius 2 is 1.92 bits per heavy atom. The zero-order valence-corrected chi connectivity index (χ0v) is 8.73. The van der Waals surface area contributed by atoms with E-state index in [1.54, 1.807) is 0 Å². The van der Waals surface area contributed by atoms with Gasteiger partial charge in [-0.25, -0.2) is 0 Å². The van der Waals surface area contributed by atoms with Crippen LogP contribution in [0.2, 0.25) is 0 Å². The molecule has 3 heteroatoms. The number of hydrogen-bond donors (Lipinski definition) is 1. The monoisotopic (exact) mass is 186 g/mol. The van der Waals surface area contributed by atoms with Crippen molar-refractivity contribution in [2.24, 2.45) is 17.6 Å². The smallest absolute Gasteiger partial charge is 0.166 e. The van der Waals surface area contributed by atoms with E-state index in [2.05, 4.69) is 18.7 Å². The molecule has 0 radical (unpaired) electrons. The summed E-state index contributed by atoms with van der Waals surface area (Å²) in [6.45, 7) is 6.69. The van der Waals surface area contributed by atoms with Gasteiger partial charge in [-0.1, -0.05) is 13.8 Å². The highest BCUT2D eigenvalue weighted by molar-refractivity contribution is 7.80. The largest absolute Gasteiger partial charge is 0.376 e. The van der Waals surface area contributed by atoms with Gasteiger partial charge in [-0.3, -0.25) is 0 Å². The fourth-order valence-corrected chi connectivity index (χ4v) is 1.97. The van der Waals surface area contributed by atoms with E-state index in [9.17, 15) is 0 Å². The maximum absolute atomic E-state index is 5.55. The van der Waals surface area contributed by atoms with Crippen LogP contribution in [0.1, 0.15) is 26.7 Å². The van der Waals surface area contributed by atoms with Crippen molar-refractivity contribution in [2.75, 3.05) is 13.1 Å². The molecule has 0 amide bonds. The Labute approximate surface area is 80.1 Å². The molecule has 0 unspecified atom stereocenters. The summed E-state index contributed by atoms with van der Waals surface area (Å²) < 4.78 is 0. The highest BCUT2D eigenvalue weighted by Gasteiger charge is 2.21. The van der Waals surface area contributed by atoms with E-state index in [1.165, 1.54) is 12.8 Å². The molecule has 1 fully saturated rings. The minimum Gasteiger partial charge on any atom is -0.376 e. The van der Waals surface area contributed by atoms with Gasteiger partial charge in [0, 0.05) is 13.1 Å². The molecule has 70 valence electrons. The van der Waals surface area contributed by atoms with Crippen molar-refractivity contribution in [3.63, 3.8) is 0 Å². The van der Waals surface area contributed by atoms with Gasteiger partial charge in [-0.05, 0) is 36.9 Å². The first-order valence-electron chi connectivity index (χ1n) is 4.65. The number of piperidine rings is 1. The van der Waals surface area contributed by atoms with Gasteiger partial charge in [0.05, 0.1) is 0 Å². The molecule has 0 saturated carbocycles. The standard InChI is InChI=1S/C9H18N2S/c1-7(2)8-3-5-11(6-4-8)9(10)12/h7-8H,3-6H2,1-2H3,(H2,10,12). The second kappa shape index (κ2) is 4.08. The molecule has 0 aliphatic carbocycles. The molecule has 1 heterocycles. The van der Waals surface area contributed by atoms with Crippen LogP contribution in [0.4, 0.5) is 0 Å². The van der Waals surface area contributed by atoms with E-state index in [0.29, 0.717) is 5.11 Å². The first-order valence-corrected chi connectivity index (χ1v) is 5.06. The Morgan fingerprint density at radius 3 is 2.25 bits per heavy atom. The second-order valence-electron chi connectivity index (χ2n) is 3.91. The van der Waals surface area contributed by atoms with Crippen molar-refractivity contribution in [1.82, 2.24) is 4.90 Å². The van der Waals surface area contributed by atoms with Crippen LogP contribution in [-0.4, -0.2) is 23.1 Å². The van der Waals surface area contributed by atoms with E-state index < -0.39 is 0 Å². The molecular formula is C9H18N2S. The maximum Gasteiger partial charge on any atom is 0.166 e. The fourth-order valence-electron chi connectivity index (χ4n) is 1.79. The number of thiocarbonyl (C=S) groups is 1. The van der Waals surface area contributed by atoms with E-state index in [-0.39, 0.29) is 0 Å². The topological polar surface area (TPSA) is 29.3 Å². The molecule has 1 aliphatic rings. The van der Waals surface area contributed by atoms with Crippen LogP contribution in [0.15, 0.2) is 0 Å². The van der Waals surface area contributed by atoms with Crippen LogP contribution in [0, 0.1) is 11.8 Å². The van der Waals surface area contributed by atoms with Crippen LogP contribution in [0.25, 0.3) is 0 Å². The van der Waals surface area contributed by atoms with Gasteiger partial charge in [0.15, 0.2) is 5.11 Å². The van der Waals surface area contributed by atoms with Gasteiger partial charge in [-0.15, -0.1) is 0 Å². The minimum atomic E-state index is 0.567. The first kappa shape index (κ1) is 9.78. The Kier molecular flexibility index (Phi) is 3.32. The summed E-state index contributed by atoms with van der Waals surface area (Å²) in [4.78, 5) is 2.11. The quantitative estimate of drug-likeness (QED) is 0.631. The van der Waals surface area contributed by atoms with E-state index in [1.807, 2.05) is 0 Å². The molecule has 0 aromatic heterocycles. The summed E-state index contributed by atoms with van der Waals surface area (Å²) in [5.74, 6) is 1.68. The third-order valence-corrected chi connectivity index (χ3v) is 3.05. The summed E-state index contributed by atoms with van der Waals surface area (Å²) >= 11 is 4.92. The lowest BCUT2D eigenvalue weighted by Gasteiger charge is -2.34. The molecule has 0 bridgehead atoms. The zero-order chi connectivity index (χ0) is 9.14. The molecule has 1 saturated heterocycles. The van der Waals surface area contributed by atoms with E-state index in [0.717, 1.165) is 24.9 Å². The van der Waals surface area contributed by atoms with Crippen LogP contribution in [-0.2, 0) is 0 Å². The summed E-state index contributed by atoms with van der Waals surface area (Å²) in [7, 11) is 0. The van der Waals surface area contributed by atoms with Gasteiger partial charge in [0.1, 0.15) is 0 Å². The first-order chi connectivity index (χ1) is 5.61. The molecule has 0 aromatic carbocycles. The van der Waals surface area contributed by atoms with Gasteiger partial charge >= 0.3 is 0 Å². The molecule has 12 heavy (non-hydrogen) atoms. The molecule has 0 spiro atoms. The highest BCUT2D eigenvalue weighted by Crippen LogP contribution is 2.23. The number of rotatable bonds is 1. The number of nitrogens with two attached hydrogens (primary N) is 1. The van der Waals surface area contributed by atoms with Gasteiger partial charge in [0.2, 0.25) is 0 Å². The second-order valence-corrected chi connectivity index (χ2v) is 4.33. The Hall–Kier alpha value is -0.310. The molecular weight excluding hydrogens is 168 g/mol. The summed E-state index contributed by atoms with van der Waals surface area (Å²) in [6.07, 6.45) is 2.49. The highest BCUT2D eigenvalue weighted by atomic mass is 32.1. The summed E-state index contributed by atoms with van der Waals surface area (Å²) in [6, 6.07) is 0. The lowest BCUT2D eigenvalue weighted by Crippen LogP contribution is -2.42. The van der Waals surface area contributed by atoms with Crippen molar-refractivity contribution in [1.29, 1.82) is 0 Å². The Morgan fingerprint density at radius 1 is 1.42 bits per heavy atom. The summed E-state index contributed by atoms with van der Waals surface area (Å²) in [5, 5.41) is 0.567. The molecule has 0 aromatic rings. The van der Waals surface area contributed by atoms with Crippen molar-refractivity contribution < 1.29 is 0 Å². The maximum atomic E-state index is 5.55. The van der Waals surface area contributed by atoms with Crippen molar-refractivity contribution >= 4 is 17.3 Å². The van der Waals surface area contributed by atoms with Crippen LogP contribution >= 0.6 is 12.2 Å². The average Bonchev–Trinajstić information content (AvgIpc) is 2.04. The minimum absolute atomic E-state index is 0.567. The SMILES string of the molecule is CC(C)C1CCN(C(N)=S)CC1. The number of hydrogen-bond acceptors (Lipinski definition) is 1. The lowest BCUT2D eigenvalue weighted by atomic mass is 9.87. The predicted octanol–water partition coefficient (Wildman–Crippen LogP) is 1.60. The third kappa shape index (κ3) is 2.34. The fraction of sp³-hybridized carbons (Fsp3) is 0.889. The number of likely N-dealkylation sites (tertiary alicyclic amines) is 1.